The fourth-order valence-electron chi connectivity index (χ4n) is 4.53. The van der Waals surface area contributed by atoms with Gasteiger partial charge in [0.25, 0.3) is 0 Å². The second-order valence-corrected chi connectivity index (χ2v) is 9.91. The smallest absolute Gasteiger partial charge is 0.142 e. The summed E-state index contributed by atoms with van der Waals surface area (Å²) in [7, 11) is 2.13. The lowest BCUT2D eigenvalue weighted by Crippen LogP contribution is -2.43. The monoisotopic (exact) mass is 501 g/mol. The molecule has 4 rings (SSSR count). The number of likely N-dealkylation sites (N-methyl/N-ethyl adjacent to an activating group) is 1. The highest BCUT2D eigenvalue weighted by Gasteiger charge is 2.25. The number of piperazine rings is 1. The standard InChI is InChI=1S/C29H35N5O3/c1-19(2)24-16-25(27(37)17-26(24)36)29(31)34(28(30)21-5-4-6-23(35)15-21)22-9-7-20(8-10-22)18-33-13-11-32(3)12-14-33/h4-10,15-17,19,30-31,35-37H,11-14,18H2,1-3H3. The van der Waals surface area contributed by atoms with Crippen LogP contribution in [-0.4, -0.2) is 70.0 Å². The van der Waals surface area contributed by atoms with Crippen LogP contribution in [0.2, 0.25) is 0 Å². The van der Waals surface area contributed by atoms with Gasteiger partial charge in [0, 0.05) is 50.0 Å². The van der Waals surface area contributed by atoms with Crippen molar-refractivity contribution in [3.8, 4) is 17.2 Å². The summed E-state index contributed by atoms with van der Waals surface area (Å²) in [5, 5.41) is 49.0. The summed E-state index contributed by atoms with van der Waals surface area (Å²) < 4.78 is 0. The third-order valence-corrected chi connectivity index (χ3v) is 6.79. The van der Waals surface area contributed by atoms with E-state index >= 15 is 0 Å². The molecule has 8 heteroatoms. The Hall–Kier alpha value is -3.88. The molecule has 37 heavy (non-hydrogen) atoms. The third-order valence-electron chi connectivity index (χ3n) is 6.79. The van der Waals surface area contributed by atoms with Crippen LogP contribution in [0.4, 0.5) is 5.69 Å². The Bertz CT molecular complexity index is 1280. The molecule has 0 aliphatic carbocycles. The Morgan fingerprint density at radius 3 is 2.16 bits per heavy atom. The maximum atomic E-state index is 10.7. The van der Waals surface area contributed by atoms with Crippen molar-refractivity contribution in [2.45, 2.75) is 26.3 Å². The summed E-state index contributed by atoms with van der Waals surface area (Å²) in [4.78, 5) is 6.16. The Morgan fingerprint density at radius 1 is 0.865 bits per heavy atom. The first-order valence-electron chi connectivity index (χ1n) is 12.5. The number of hydrogen-bond acceptors (Lipinski definition) is 7. The molecule has 1 saturated heterocycles. The number of aromatic hydroxyl groups is 3. The highest BCUT2D eigenvalue weighted by atomic mass is 16.3. The van der Waals surface area contributed by atoms with E-state index in [-0.39, 0.29) is 40.4 Å². The van der Waals surface area contributed by atoms with Gasteiger partial charge >= 0.3 is 0 Å². The van der Waals surface area contributed by atoms with E-state index in [1.165, 1.54) is 23.1 Å². The van der Waals surface area contributed by atoms with Gasteiger partial charge in [-0.15, -0.1) is 0 Å². The van der Waals surface area contributed by atoms with Crippen molar-refractivity contribution >= 4 is 17.4 Å². The van der Waals surface area contributed by atoms with Gasteiger partial charge in [0.15, 0.2) is 0 Å². The molecule has 0 bridgehead atoms. The van der Waals surface area contributed by atoms with Crippen LogP contribution in [-0.2, 0) is 6.54 Å². The molecule has 0 spiro atoms. The van der Waals surface area contributed by atoms with Crippen molar-refractivity contribution in [1.29, 1.82) is 10.8 Å². The molecular weight excluding hydrogens is 466 g/mol. The number of rotatable bonds is 6. The highest BCUT2D eigenvalue weighted by molar-refractivity contribution is 6.28. The molecule has 1 aliphatic heterocycles. The molecule has 0 aromatic heterocycles. The average molecular weight is 502 g/mol. The van der Waals surface area contributed by atoms with E-state index in [1.54, 1.807) is 18.2 Å². The number of amidine groups is 2. The maximum absolute atomic E-state index is 10.7. The lowest BCUT2D eigenvalue weighted by molar-refractivity contribution is 0.148. The van der Waals surface area contributed by atoms with Gasteiger partial charge in [-0.05, 0) is 54.4 Å². The minimum atomic E-state index is -0.243. The Balaban J connectivity index is 1.70. The number of hydrogen-bond donors (Lipinski definition) is 5. The van der Waals surface area contributed by atoms with E-state index in [0.717, 1.165) is 38.3 Å². The number of nitrogens with zero attached hydrogens (tertiary/aromatic N) is 3. The van der Waals surface area contributed by atoms with Crippen LogP contribution >= 0.6 is 0 Å². The number of phenols is 3. The van der Waals surface area contributed by atoms with E-state index in [2.05, 4.69) is 16.8 Å². The normalized spacial score (nSPS) is 14.6. The Kier molecular flexibility index (Phi) is 7.80. The fraction of sp³-hybridized carbons (Fsp3) is 0.310. The average Bonchev–Trinajstić information content (AvgIpc) is 2.86. The van der Waals surface area contributed by atoms with E-state index in [9.17, 15) is 15.3 Å². The Labute approximate surface area is 218 Å². The highest BCUT2D eigenvalue weighted by Crippen LogP contribution is 2.34. The molecule has 1 fully saturated rings. The number of phenolic OH excluding ortho intramolecular Hbond substituents is 3. The summed E-state index contributed by atoms with van der Waals surface area (Å²) in [6.45, 7) is 8.77. The molecule has 0 unspecified atom stereocenters. The summed E-state index contributed by atoms with van der Waals surface area (Å²) in [5.74, 6) is -0.420. The molecule has 0 amide bonds. The second-order valence-electron chi connectivity index (χ2n) is 9.91. The maximum Gasteiger partial charge on any atom is 0.142 e. The van der Waals surface area contributed by atoms with Crippen LogP contribution < -0.4 is 4.90 Å². The van der Waals surface area contributed by atoms with Gasteiger partial charge in [-0.25, -0.2) is 0 Å². The number of nitrogens with one attached hydrogen (secondary N) is 2. The zero-order valence-electron chi connectivity index (χ0n) is 21.6. The predicted octanol–water partition coefficient (Wildman–Crippen LogP) is 4.53. The molecule has 0 saturated carbocycles. The van der Waals surface area contributed by atoms with Crippen molar-refractivity contribution in [3.05, 3.63) is 82.9 Å². The zero-order valence-corrected chi connectivity index (χ0v) is 21.6. The molecule has 194 valence electrons. The van der Waals surface area contributed by atoms with Crippen molar-refractivity contribution in [3.63, 3.8) is 0 Å². The molecule has 3 aromatic carbocycles. The minimum Gasteiger partial charge on any atom is -0.508 e. The number of benzene rings is 3. The topological polar surface area (TPSA) is 118 Å². The summed E-state index contributed by atoms with van der Waals surface area (Å²) >= 11 is 0. The second kappa shape index (κ2) is 11.0. The molecule has 0 atom stereocenters. The molecule has 8 nitrogen and oxygen atoms in total. The van der Waals surface area contributed by atoms with E-state index < -0.39 is 0 Å². The first-order chi connectivity index (χ1) is 17.6. The van der Waals surface area contributed by atoms with Crippen molar-refractivity contribution in [2.75, 3.05) is 38.1 Å². The first-order valence-corrected chi connectivity index (χ1v) is 12.5. The van der Waals surface area contributed by atoms with Gasteiger partial charge in [-0.2, -0.15) is 0 Å². The van der Waals surface area contributed by atoms with Crippen LogP contribution in [0.3, 0.4) is 0 Å². The lowest BCUT2D eigenvalue weighted by atomic mass is 9.97. The molecule has 1 heterocycles. The quantitative estimate of drug-likeness (QED) is 0.250. The largest absolute Gasteiger partial charge is 0.508 e. The Morgan fingerprint density at radius 2 is 1.54 bits per heavy atom. The van der Waals surface area contributed by atoms with E-state index in [4.69, 9.17) is 10.8 Å². The summed E-state index contributed by atoms with van der Waals surface area (Å²) in [5.41, 5.74) is 2.95. The lowest BCUT2D eigenvalue weighted by Gasteiger charge is -2.32. The van der Waals surface area contributed by atoms with Crippen molar-refractivity contribution < 1.29 is 15.3 Å². The molecular formula is C29H35N5O3. The van der Waals surface area contributed by atoms with Crippen LogP contribution in [0.15, 0.2) is 60.7 Å². The molecule has 3 aromatic rings. The fourth-order valence-corrected chi connectivity index (χ4v) is 4.53. The third kappa shape index (κ3) is 5.93. The molecule has 1 aliphatic rings. The van der Waals surface area contributed by atoms with Crippen LogP contribution in [0.5, 0.6) is 17.2 Å². The van der Waals surface area contributed by atoms with Gasteiger partial charge in [0.2, 0.25) is 0 Å². The zero-order chi connectivity index (χ0) is 26.7. The van der Waals surface area contributed by atoms with Gasteiger partial charge in [0.05, 0.1) is 5.56 Å². The molecule has 0 radical (unpaired) electrons. The minimum absolute atomic E-state index is 0.0193. The van der Waals surface area contributed by atoms with Gasteiger partial charge in [-0.3, -0.25) is 20.6 Å². The summed E-state index contributed by atoms with van der Waals surface area (Å²) in [6.07, 6.45) is 0. The SMILES string of the molecule is CC(C)c1cc(C(=N)N(C(=N)c2cccc(O)c2)c2ccc(CN3CCN(C)CC3)cc2)c(O)cc1O. The van der Waals surface area contributed by atoms with Gasteiger partial charge < -0.3 is 20.2 Å². The number of anilines is 1. The van der Waals surface area contributed by atoms with Crippen LogP contribution in [0, 0.1) is 10.8 Å². The van der Waals surface area contributed by atoms with Crippen LogP contribution in [0.25, 0.3) is 0 Å². The van der Waals surface area contributed by atoms with Crippen LogP contribution in [0.1, 0.15) is 42.0 Å². The first kappa shape index (κ1) is 26.2. The summed E-state index contributed by atoms with van der Waals surface area (Å²) in [6, 6.07) is 16.9. The van der Waals surface area contributed by atoms with Gasteiger partial charge in [-0.1, -0.05) is 38.1 Å². The van der Waals surface area contributed by atoms with Crippen molar-refractivity contribution in [2.24, 2.45) is 0 Å². The predicted molar refractivity (Wildman–Crippen MR) is 147 cm³/mol. The van der Waals surface area contributed by atoms with Gasteiger partial charge in [0.1, 0.15) is 28.9 Å². The van der Waals surface area contributed by atoms with E-state index in [0.29, 0.717) is 16.8 Å². The molecule has 5 N–H and O–H groups in total. The van der Waals surface area contributed by atoms with E-state index in [1.807, 2.05) is 38.1 Å². The van der Waals surface area contributed by atoms with Crippen molar-refractivity contribution in [1.82, 2.24) is 9.80 Å².